The minimum atomic E-state index is -0.0766. The lowest BCUT2D eigenvalue weighted by atomic mass is 9.64. The maximum absolute atomic E-state index is 13.0. The van der Waals surface area contributed by atoms with Gasteiger partial charge in [0, 0.05) is 29.8 Å². The van der Waals surface area contributed by atoms with E-state index in [1.165, 1.54) is 16.7 Å². The first-order valence-electron chi connectivity index (χ1n) is 11.8. The summed E-state index contributed by atoms with van der Waals surface area (Å²) in [5.74, 6) is -0.0766. The molecule has 1 saturated carbocycles. The molecule has 1 amide bonds. The van der Waals surface area contributed by atoms with Crippen LogP contribution in [0.1, 0.15) is 45.8 Å². The van der Waals surface area contributed by atoms with E-state index in [0.29, 0.717) is 11.1 Å². The summed E-state index contributed by atoms with van der Waals surface area (Å²) in [5.41, 5.74) is 8.66. The molecule has 0 atom stereocenters. The molecule has 1 spiro atoms. The molecule has 1 N–H and O–H groups in total. The second-order valence-corrected chi connectivity index (χ2v) is 10.8. The van der Waals surface area contributed by atoms with Gasteiger partial charge in [0.1, 0.15) is 5.69 Å². The molecule has 6 nitrogen and oxygen atoms in total. The van der Waals surface area contributed by atoms with Gasteiger partial charge in [-0.3, -0.25) is 9.48 Å². The number of benzene rings is 1. The molecule has 34 heavy (non-hydrogen) atoms. The van der Waals surface area contributed by atoms with Gasteiger partial charge in [0.15, 0.2) is 0 Å². The van der Waals surface area contributed by atoms with Crippen LogP contribution in [0.15, 0.2) is 41.8 Å². The van der Waals surface area contributed by atoms with Crippen molar-refractivity contribution in [3.8, 4) is 11.1 Å². The molecule has 174 valence electrons. The molecule has 4 heterocycles. The zero-order valence-electron chi connectivity index (χ0n) is 19.7. The smallest absolute Gasteiger partial charge is 0.270 e. The van der Waals surface area contributed by atoms with Crippen molar-refractivity contribution in [2.24, 2.45) is 12.5 Å². The van der Waals surface area contributed by atoms with Gasteiger partial charge in [0.25, 0.3) is 5.91 Å². The number of fused-ring (bicyclic) bond motifs is 1. The second-order valence-electron chi connectivity index (χ2n) is 9.92. The van der Waals surface area contributed by atoms with Crippen molar-refractivity contribution in [2.45, 2.75) is 39.2 Å². The van der Waals surface area contributed by atoms with Crippen molar-refractivity contribution in [3.05, 3.63) is 70.0 Å². The number of nitrogens with zero attached hydrogens (tertiary/aromatic N) is 3. The Hall–Kier alpha value is -3.03. The summed E-state index contributed by atoms with van der Waals surface area (Å²) < 4.78 is 8.42. The van der Waals surface area contributed by atoms with Crippen LogP contribution >= 0.6 is 11.3 Å². The Morgan fingerprint density at radius 2 is 1.97 bits per heavy atom. The summed E-state index contributed by atoms with van der Waals surface area (Å²) in [4.78, 5) is 17.7. The predicted molar refractivity (Wildman–Crippen MR) is 134 cm³/mol. The van der Waals surface area contributed by atoms with Gasteiger partial charge in [-0.05, 0) is 67.3 Å². The highest BCUT2D eigenvalue weighted by Crippen LogP contribution is 2.46. The van der Waals surface area contributed by atoms with Gasteiger partial charge in [0.2, 0.25) is 0 Å². The van der Waals surface area contributed by atoms with Crippen LogP contribution in [-0.4, -0.2) is 39.9 Å². The van der Waals surface area contributed by atoms with E-state index in [9.17, 15) is 4.79 Å². The Bertz CT molecular complexity index is 1390. The number of carbonyl (C=O) groups excluding carboxylic acids is 1. The Kier molecular flexibility index (Phi) is 5.08. The van der Waals surface area contributed by atoms with Crippen LogP contribution < -0.4 is 5.32 Å². The van der Waals surface area contributed by atoms with Crippen molar-refractivity contribution in [1.29, 1.82) is 0 Å². The van der Waals surface area contributed by atoms with Crippen molar-refractivity contribution >= 4 is 27.5 Å². The zero-order chi connectivity index (χ0) is 23.4. The predicted octanol–water partition coefficient (Wildman–Crippen LogP) is 4.81. The van der Waals surface area contributed by atoms with E-state index in [1.54, 1.807) is 11.3 Å². The van der Waals surface area contributed by atoms with Gasteiger partial charge >= 0.3 is 0 Å². The third-order valence-corrected chi connectivity index (χ3v) is 8.36. The van der Waals surface area contributed by atoms with Gasteiger partial charge in [-0.1, -0.05) is 24.3 Å². The van der Waals surface area contributed by atoms with E-state index < -0.39 is 0 Å². The molecule has 4 aromatic rings. The molecule has 0 radical (unpaired) electrons. The van der Waals surface area contributed by atoms with Gasteiger partial charge in [-0.15, -0.1) is 11.3 Å². The van der Waals surface area contributed by atoms with E-state index >= 15 is 0 Å². The number of thiophene rings is 1. The Balaban J connectivity index is 1.23. The number of rotatable bonds is 5. The number of ether oxygens (including phenoxy) is 1. The molecule has 2 fully saturated rings. The lowest BCUT2D eigenvalue weighted by Gasteiger charge is -2.53. The number of pyridine rings is 1. The third kappa shape index (κ3) is 3.63. The van der Waals surface area contributed by atoms with E-state index in [0.717, 1.165) is 59.6 Å². The molecule has 7 heteroatoms. The summed E-state index contributed by atoms with van der Waals surface area (Å²) in [6.45, 7) is 5.82. The molecule has 1 aliphatic carbocycles. The molecule has 6 rings (SSSR count). The molecule has 1 aromatic carbocycles. The van der Waals surface area contributed by atoms with Gasteiger partial charge < -0.3 is 10.1 Å². The number of carbonyl (C=O) groups is 1. The molecule has 0 bridgehead atoms. The number of hydrogen-bond donors (Lipinski definition) is 1. The fourth-order valence-electron chi connectivity index (χ4n) is 5.45. The Morgan fingerprint density at radius 1 is 1.21 bits per heavy atom. The Morgan fingerprint density at radius 3 is 2.62 bits per heavy atom. The van der Waals surface area contributed by atoms with Gasteiger partial charge in [-0.2, -0.15) is 5.10 Å². The van der Waals surface area contributed by atoms with Crippen LogP contribution in [0.2, 0.25) is 0 Å². The summed E-state index contributed by atoms with van der Waals surface area (Å²) in [6, 6.07) is 12.9. The van der Waals surface area contributed by atoms with Crippen LogP contribution in [0.5, 0.6) is 0 Å². The highest BCUT2D eigenvalue weighted by atomic mass is 32.1. The van der Waals surface area contributed by atoms with Crippen LogP contribution in [0.3, 0.4) is 0 Å². The average Bonchev–Trinajstić information content (AvgIpc) is 3.33. The van der Waals surface area contributed by atoms with Crippen molar-refractivity contribution < 1.29 is 9.53 Å². The highest BCUT2D eigenvalue weighted by Gasteiger charge is 2.50. The standard InChI is InChI=1S/C27H28N4O2S/c1-16-24(17(2)31(3)30-16)19-6-4-18(5-7-19)10-20-11-23(29-22-8-9-34-25(20)22)26(32)28-21-12-27(13-21)14-33-15-27/h4-9,11,21H,10,12-15H2,1-3H3,(H,28,32). The average molecular weight is 473 g/mol. The van der Waals surface area contributed by atoms with E-state index in [4.69, 9.17) is 4.74 Å². The van der Waals surface area contributed by atoms with E-state index in [2.05, 4.69) is 53.5 Å². The SMILES string of the molecule is Cc1nn(C)c(C)c1-c1ccc(Cc2cc(C(=O)NC3CC4(COC4)C3)nc3ccsc23)cc1. The minimum absolute atomic E-state index is 0.0766. The van der Waals surface area contributed by atoms with Crippen LogP contribution in [0.25, 0.3) is 21.3 Å². The summed E-state index contributed by atoms with van der Waals surface area (Å²) in [5, 5.41) is 9.77. The third-order valence-electron chi connectivity index (χ3n) is 7.38. The topological polar surface area (TPSA) is 69.0 Å². The largest absolute Gasteiger partial charge is 0.380 e. The van der Waals surface area contributed by atoms with Crippen LogP contribution in [0.4, 0.5) is 0 Å². The van der Waals surface area contributed by atoms with Crippen LogP contribution in [0, 0.1) is 19.3 Å². The van der Waals surface area contributed by atoms with Crippen molar-refractivity contribution in [1.82, 2.24) is 20.1 Å². The molecule has 1 saturated heterocycles. The molecule has 2 aliphatic rings. The lowest BCUT2D eigenvalue weighted by molar-refractivity contribution is -0.165. The Labute approximate surface area is 203 Å². The van der Waals surface area contributed by atoms with Crippen molar-refractivity contribution in [2.75, 3.05) is 13.2 Å². The summed E-state index contributed by atoms with van der Waals surface area (Å²) in [6.07, 6.45) is 2.78. The van der Waals surface area contributed by atoms with E-state index in [-0.39, 0.29) is 11.9 Å². The maximum Gasteiger partial charge on any atom is 0.270 e. The molecular formula is C27H28N4O2S. The lowest BCUT2D eigenvalue weighted by Crippen LogP contribution is -2.59. The summed E-state index contributed by atoms with van der Waals surface area (Å²) >= 11 is 1.68. The first-order valence-corrected chi connectivity index (χ1v) is 12.6. The van der Waals surface area contributed by atoms with Gasteiger partial charge in [-0.25, -0.2) is 4.98 Å². The molecule has 3 aromatic heterocycles. The monoisotopic (exact) mass is 472 g/mol. The quantitative estimate of drug-likeness (QED) is 0.452. The highest BCUT2D eigenvalue weighted by molar-refractivity contribution is 7.17. The first-order chi connectivity index (χ1) is 16.4. The normalized spacial score (nSPS) is 17.0. The number of amides is 1. The number of aryl methyl sites for hydroxylation is 2. The molecular weight excluding hydrogens is 444 g/mol. The minimum Gasteiger partial charge on any atom is -0.380 e. The molecule has 0 unspecified atom stereocenters. The van der Waals surface area contributed by atoms with Gasteiger partial charge in [0.05, 0.1) is 29.1 Å². The van der Waals surface area contributed by atoms with Crippen molar-refractivity contribution in [3.63, 3.8) is 0 Å². The number of hydrogen-bond acceptors (Lipinski definition) is 5. The fraction of sp³-hybridized carbons (Fsp3) is 0.370. The molecule has 1 aliphatic heterocycles. The van der Waals surface area contributed by atoms with E-state index in [1.807, 2.05) is 29.2 Å². The second kappa shape index (κ2) is 8.03. The first kappa shape index (κ1) is 21.5. The number of nitrogens with one attached hydrogen (secondary N) is 1. The fourth-order valence-corrected chi connectivity index (χ4v) is 6.29. The zero-order valence-corrected chi connectivity index (χ0v) is 20.5. The van der Waals surface area contributed by atoms with Crippen LogP contribution in [-0.2, 0) is 18.2 Å². The number of aromatic nitrogens is 3. The summed E-state index contributed by atoms with van der Waals surface area (Å²) in [7, 11) is 1.98. The maximum atomic E-state index is 13.0.